The van der Waals surface area contributed by atoms with Gasteiger partial charge in [-0.1, -0.05) is 13.8 Å². The molecule has 0 fully saturated rings. The van der Waals surface area contributed by atoms with E-state index in [1.165, 1.54) is 0 Å². The van der Waals surface area contributed by atoms with Crippen molar-refractivity contribution in [3.63, 3.8) is 0 Å². The van der Waals surface area contributed by atoms with Crippen molar-refractivity contribution < 1.29 is 14.9 Å². The van der Waals surface area contributed by atoms with E-state index in [9.17, 15) is 10.2 Å². The van der Waals surface area contributed by atoms with Gasteiger partial charge >= 0.3 is 0 Å². The first kappa shape index (κ1) is 16.9. The van der Waals surface area contributed by atoms with Crippen molar-refractivity contribution in [2.75, 3.05) is 0 Å². The van der Waals surface area contributed by atoms with Crippen LogP contribution in [0, 0.1) is 11.8 Å². The van der Waals surface area contributed by atoms with Crippen LogP contribution in [-0.2, 0) is 4.74 Å². The second-order valence-electron chi connectivity index (χ2n) is 6.37. The first-order chi connectivity index (χ1) is 7.42. The largest absolute Gasteiger partial charge is 0.393 e. The Morgan fingerprint density at radius 1 is 0.706 bits per heavy atom. The van der Waals surface area contributed by atoms with E-state index in [0.717, 1.165) is 0 Å². The molecule has 3 nitrogen and oxygen atoms in total. The molecule has 0 saturated heterocycles. The fourth-order valence-corrected chi connectivity index (χ4v) is 2.03. The number of ether oxygens (including phenoxy) is 1. The second kappa shape index (κ2) is 5.68. The third-order valence-corrected chi connectivity index (χ3v) is 4.17. The maximum Gasteiger partial charge on any atom is 0.0683 e. The summed E-state index contributed by atoms with van der Waals surface area (Å²) in [6, 6.07) is 0. The fraction of sp³-hybridized carbons (Fsp3) is 1.00. The first-order valence-electron chi connectivity index (χ1n) is 6.48. The molecule has 0 heterocycles. The SMILES string of the molecule is CC(O)C(C)C(C)(C)OC(C)(C)C(C)C(C)O. The van der Waals surface area contributed by atoms with E-state index in [1.807, 2.05) is 41.5 Å². The predicted molar refractivity (Wildman–Crippen MR) is 70.9 cm³/mol. The molecule has 0 aromatic heterocycles. The monoisotopic (exact) mass is 246 g/mol. The van der Waals surface area contributed by atoms with Crippen molar-refractivity contribution in [2.24, 2.45) is 11.8 Å². The van der Waals surface area contributed by atoms with E-state index in [2.05, 4.69) is 0 Å². The zero-order chi connectivity index (χ0) is 14.0. The Kier molecular flexibility index (Phi) is 5.64. The van der Waals surface area contributed by atoms with Crippen molar-refractivity contribution in [2.45, 2.75) is 78.8 Å². The summed E-state index contributed by atoms with van der Waals surface area (Å²) in [6.45, 7) is 15.5. The third-order valence-electron chi connectivity index (χ3n) is 4.17. The average Bonchev–Trinajstić information content (AvgIpc) is 2.13. The van der Waals surface area contributed by atoms with Crippen LogP contribution >= 0.6 is 0 Å². The lowest BCUT2D eigenvalue weighted by molar-refractivity contribution is -0.191. The predicted octanol–water partition coefficient (Wildman–Crippen LogP) is 2.59. The summed E-state index contributed by atoms with van der Waals surface area (Å²) in [6.07, 6.45) is -0.828. The van der Waals surface area contributed by atoms with Gasteiger partial charge in [-0.15, -0.1) is 0 Å². The first-order valence-corrected chi connectivity index (χ1v) is 6.48. The number of hydrogen-bond donors (Lipinski definition) is 2. The quantitative estimate of drug-likeness (QED) is 0.757. The molecule has 0 aromatic carbocycles. The van der Waals surface area contributed by atoms with Gasteiger partial charge in [0.25, 0.3) is 0 Å². The molecule has 0 aliphatic heterocycles. The van der Waals surface area contributed by atoms with Crippen molar-refractivity contribution in [1.29, 1.82) is 0 Å². The number of rotatable bonds is 6. The maximum absolute atomic E-state index is 9.67. The Morgan fingerprint density at radius 2 is 0.941 bits per heavy atom. The Balaban J connectivity index is 4.81. The molecule has 0 spiro atoms. The van der Waals surface area contributed by atoms with E-state index in [4.69, 9.17) is 4.74 Å². The summed E-state index contributed by atoms with van der Waals surface area (Å²) >= 11 is 0. The van der Waals surface area contributed by atoms with Crippen molar-refractivity contribution in [1.82, 2.24) is 0 Å². The average molecular weight is 246 g/mol. The summed E-state index contributed by atoms with van der Waals surface area (Å²) in [7, 11) is 0. The van der Waals surface area contributed by atoms with Crippen LogP contribution in [0.4, 0.5) is 0 Å². The van der Waals surface area contributed by atoms with Gasteiger partial charge in [0.15, 0.2) is 0 Å². The van der Waals surface area contributed by atoms with Gasteiger partial charge in [-0.2, -0.15) is 0 Å². The molecule has 2 N–H and O–H groups in total. The summed E-state index contributed by atoms with van der Waals surface area (Å²) in [5.41, 5.74) is -0.859. The van der Waals surface area contributed by atoms with E-state index in [1.54, 1.807) is 13.8 Å². The van der Waals surface area contributed by atoms with Crippen LogP contribution in [0.25, 0.3) is 0 Å². The van der Waals surface area contributed by atoms with E-state index in [0.29, 0.717) is 0 Å². The minimum Gasteiger partial charge on any atom is -0.393 e. The number of aliphatic hydroxyl groups is 2. The Hall–Kier alpha value is -0.120. The topological polar surface area (TPSA) is 49.7 Å². The van der Waals surface area contributed by atoms with Gasteiger partial charge in [-0.05, 0) is 41.5 Å². The van der Waals surface area contributed by atoms with Crippen LogP contribution in [0.5, 0.6) is 0 Å². The smallest absolute Gasteiger partial charge is 0.0683 e. The Bertz CT molecular complexity index is 208. The lowest BCUT2D eigenvalue weighted by atomic mass is 9.84. The lowest BCUT2D eigenvalue weighted by Gasteiger charge is -2.44. The zero-order valence-corrected chi connectivity index (χ0v) is 12.6. The highest BCUT2D eigenvalue weighted by molar-refractivity contribution is 4.87. The van der Waals surface area contributed by atoms with Crippen molar-refractivity contribution in [3.8, 4) is 0 Å². The van der Waals surface area contributed by atoms with Crippen LogP contribution in [0.15, 0.2) is 0 Å². The second-order valence-corrected chi connectivity index (χ2v) is 6.37. The van der Waals surface area contributed by atoms with Gasteiger partial charge in [0.05, 0.1) is 23.4 Å². The van der Waals surface area contributed by atoms with Gasteiger partial charge in [0.2, 0.25) is 0 Å². The normalized spacial score (nSPS) is 20.8. The van der Waals surface area contributed by atoms with Crippen molar-refractivity contribution in [3.05, 3.63) is 0 Å². The van der Waals surface area contributed by atoms with Crippen LogP contribution in [-0.4, -0.2) is 33.6 Å². The summed E-state index contributed by atoms with van der Waals surface area (Å²) in [5, 5.41) is 19.3. The van der Waals surface area contributed by atoms with Crippen LogP contribution in [0.2, 0.25) is 0 Å². The fourth-order valence-electron chi connectivity index (χ4n) is 2.03. The van der Waals surface area contributed by atoms with E-state index < -0.39 is 23.4 Å². The van der Waals surface area contributed by atoms with Crippen molar-refractivity contribution >= 4 is 0 Å². The maximum atomic E-state index is 9.67. The number of hydrogen-bond acceptors (Lipinski definition) is 3. The molecule has 0 aromatic rings. The highest BCUT2D eigenvalue weighted by Crippen LogP contribution is 2.34. The summed E-state index contributed by atoms with van der Waals surface area (Å²) in [4.78, 5) is 0. The summed E-state index contributed by atoms with van der Waals surface area (Å²) in [5.74, 6) is 0.0611. The molecule has 104 valence electrons. The van der Waals surface area contributed by atoms with Gasteiger partial charge in [0, 0.05) is 11.8 Å². The Labute approximate surface area is 106 Å². The third kappa shape index (κ3) is 4.57. The van der Waals surface area contributed by atoms with E-state index >= 15 is 0 Å². The standard InChI is InChI=1S/C14H30O3/c1-9(11(3)15)13(5,6)17-14(7,8)10(2)12(4)16/h9-12,15-16H,1-8H3. The lowest BCUT2D eigenvalue weighted by Crippen LogP contribution is -2.49. The zero-order valence-electron chi connectivity index (χ0n) is 12.6. The van der Waals surface area contributed by atoms with Gasteiger partial charge in [0.1, 0.15) is 0 Å². The van der Waals surface area contributed by atoms with E-state index in [-0.39, 0.29) is 11.8 Å². The summed E-state index contributed by atoms with van der Waals surface area (Å²) < 4.78 is 6.15. The highest BCUT2D eigenvalue weighted by atomic mass is 16.5. The van der Waals surface area contributed by atoms with Crippen LogP contribution < -0.4 is 0 Å². The van der Waals surface area contributed by atoms with Gasteiger partial charge < -0.3 is 14.9 Å². The molecule has 4 unspecified atom stereocenters. The molecular formula is C14H30O3. The molecule has 0 amide bonds. The molecular weight excluding hydrogens is 216 g/mol. The van der Waals surface area contributed by atoms with Gasteiger partial charge in [-0.3, -0.25) is 0 Å². The van der Waals surface area contributed by atoms with Crippen LogP contribution in [0.1, 0.15) is 55.4 Å². The minimum atomic E-state index is -0.430. The molecule has 4 atom stereocenters. The Morgan fingerprint density at radius 3 is 1.12 bits per heavy atom. The molecule has 0 aliphatic rings. The molecule has 0 aliphatic carbocycles. The molecule has 0 saturated carbocycles. The molecule has 3 heteroatoms. The molecule has 0 radical (unpaired) electrons. The minimum absolute atomic E-state index is 0.0305. The van der Waals surface area contributed by atoms with Gasteiger partial charge in [-0.25, -0.2) is 0 Å². The number of aliphatic hydroxyl groups excluding tert-OH is 2. The molecule has 17 heavy (non-hydrogen) atoms. The van der Waals surface area contributed by atoms with Crippen LogP contribution in [0.3, 0.4) is 0 Å². The highest BCUT2D eigenvalue weighted by Gasteiger charge is 2.39. The molecule has 0 rings (SSSR count). The molecule has 0 bridgehead atoms.